The second-order valence-corrected chi connectivity index (χ2v) is 3.31. The molecule has 1 aromatic heterocycles. The Bertz CT molecular complexity index is 524. The first-order valence-electron chi connectivity index (χ1n) is 5.14. The first-order valence-corrected chi connectivity index (χ1v) is 5.14. The van der Waals surface area contributed by atoms with E-state index in [0.29, 0.717) is 0 Å². The SMILES string of the molecule is O=C/C=C/C=C/c1ccc(-n2cncn2)cc1. The predicted octanol–water partition coefficient (Wildman–Crippen LogP) is 2.04. The zero-order valence-electron chi connectivity index (χ0n) is 9.10. The van der Waals surface area contributed by atoms with Gasteiger partial charge in [-0.25, -0.2) is 9.67 Å². The molecule has 0 radical (unpaired) electrons. The quantitative estimate of drug-likeness (QED) is 0.454. The van der Waals surface area contributed by atoms with Gasteiger partial charge in [0.05, 0.1) is 5.69 Å². The monoisotopic (exact) mass is 225 g/mol. The van der Waals surface area contributed by atoms with Gasteiger partial charge in [-0.05, 0) is 23.8 Å². The van der Waals surface area contributed by atoms with E-state index in [4.69, 9.17) is 0 Å². The van der Waals surface area contributed by atoms with E-state index >= 15 is 0 Å². The third-order valence-electron chi connectivity index (χ3n) is 2.17. The van der Waals surface area contributed by atoms with Crippen molar-refractivity contribution >= 4 is 12.4 Å². The van der Waals surface area contributed by atoms with Gasteiger partial charge in [-0.1, -0.05) is 30.4 Å². The highest BCUT2D eigenvalue weighted by molar-refractivity contribution is 5.66. The van der Waals surface area contributed by atoms with Gasteiger partial charge in [-0.15, -0.1) is 0 Å². The number of nitrogens with zero attached hydrogens (tertiary/aromatic N) is 3. The van der Waals surface area contributed by atoms with Crippen LogP contribution in [-0.2, 0) is 4.79 Å². The first kappa shape index (κ1) is 11.0. The summed E-state index contributed by atoms with van der Waals surface area (Å²) in [7, 11) is 0. The summed E-state index contributed by atoms with van der Waals surface area (Å²) in [6, 6.07) is 7.86. The lowest BCUT2D eigenvalue weighted by Gasteiger charge is -1.99. The third-order valence-corrected chi connectivity index (χ3v) is 2.17. The third kappa shape index (κ3) is 2.98. The molecule has 0 aliphatic heterocycles. The van der Waals surface area contributed by atoms with E-state index in [0.717, 1.165) is 17.5 Å². The highest BCUT2D eigenvalue weighted by Gasteiger charge is 1.94. The zero-order valence-corrected chi connectivity index (χ0v) is 9.10. The Labute approximate surface area is 98.9 Å². The molecule has 4 nitrogen and oxygen atoms in total. The maximum atomic E-state index is 10.1. The maximum Gasteiger partial charge on any atom is 0.142 e. The Morgan fingerprint density at radius 2 is 1.88 bits per heavy atom. The molecule has 0 aliphatic carbocycles. The second-order valence-electron chi connectivity index (χ2n) is 3.31. The van der Waals surface area contributed by atoms with Crippen molar-refractivity contribution in [3.05, 3.63) is 60.7 Å². The van der Waals surface area contributed by atoms with Crippen LogP contribution in [-0.4, -0.2) is 21.1 Å². The number of carbonyl (C=O) groups excluding carboxylic acids is 1. The van der Waals surface area contributed by atoms with Crippen LogP contribution in [0.25, 0.3) is 11.8 Å². The lowest BCUT2D eigenvalue weighted by atomic mass is 10.2. The fourth-order valence-electron chi connectivity index (χ4n) is 1.36. The molecule has 2 aromatic rings. The van der Waals surface area contributed by atoms with Crippen LogP contribution in [0.1, 0.15) is 5.56 Å². The maximum absolute atomic E-state index is 10.1. The van der Waals surface area contributed by atoms with Gasteiger partial charge in [0.2, 0.25) is 0 Å². The van der Waals surface area contributed by atoms with Crippen molar-refractivity contribution in [3.63, 3.8) is 0 Å². The average Bonchev–Trinajstić information content (AvgIpc) is 2.89. The van der Waals surface area contributed by atoms with Crippen LogP contribution in [0.15, 0.2) is 55.1 Å². The van der Waals surface area contributed by atoms with Gasteiger partial charge in [0.25, 0.3) is 0 Å². The van der Waals surface area contributed by atoms with E-state index in [1.54, 1.807) is 17.1 Å². The van der Waals surface area contributed by atoms with Crippen LogP contribution in [0.4, 0.5) is 0 Å². The molecule has 0 saturated heterocycles. The number of allylic oxidation sites excluding steroid dienone is 3. The van der Waals surface area contributed by atoms with Crippen LogP contribution in [0.3, 0.4) is 0 Å². The fourth-order valence-corrected chi connectivity index (χ4v) is 1.36. The summed E-state index contributed by atoms with van der Waals surface area (Å²) in [5.41, 5.74) is 2.02. The largest absolute Gasteiger partial charge is 0.299 e. The summed E-state index contributed by atoms with van der Waals surface area (Å²) in [6.45, 7) is 0. The van der Waals surface area contributed by atoms with E-state index in [1.165, 1.54) is 12.4 Å². The van der Waals surface area contributed by atoms with Crippen LogP contribution < -0.4 is 0 Å². The molecule has 1 aromatic carbocycles. The Morgan fingerprint density at radius 1 is 1.06 bits per heavy atom. The molecule has 0 N–H and O–H groups in total. The van der Waals surface area contributed by atoms with Crippen LogP contribution in [0.2, 0.25) is 0 Å². The van der Waals surface area contributed by atoms with Gasteiger partial charge >= 0.3 is 0 Å². The minimum atomic E-state index is 0.748. The Morgan fingerprint density at radius 3 is 2.53 bits per heavy atom. The summed E-state index contributed by atoms with van der Waals surface area (Å²) in [5, 5.41) is 4.04. The van der Waals surface area contributed by atoms with E-state index in [1.807, 2.05) is 36.4 Å². The van der Waals surface area contributed by atoms with Crippen molar-refractivity contribution in [1.29, 1.82) is 0 Å². The molecule has 0 atom stereocenters. The van der Waals surface area contributed by atoms with E-state index in [2.05, 4.69) is 10.1 Å². The van der Waals surface area contributed by atoms with Gasteiger partial charge in [-0.2, -0.15) is 5.10 Å². The van der Waals surface area contributed by atoms with E-state index < -0.39 is 0 Å². The molecule has 0 bridgehead atoms. The van der Waals surface area contributed by atoms with Crippen molar-refractivity contribution in [2.75, 3.05) is 0 Å². The number of hydrogen-bond donors (Lipinski definition) is 0. The molecule has 4 heteroatoms. The molecule has 0 amide bonds. The second kappa shape index (κ2) is 5.55. The normalized spacial score (nSPS) is 11.3. The van der Waals surface area contributed by atoms with Crippen LogP contribution >= 0.6 is 0 Å². The Hall–Kier alpha value is -2.49. The van der Waals surface area contributed by atoms with E-state index in [-0.39, 0.29) is 0 Å². The lowest BCUT2D eigenvalue weighted by molar-refractivity contribution is -0.104. The molecule has 0 spiro atoms. The molecule has 0 saturated carbocycles. The van der Waals surface area contributed by atoms with Crippen molar-refractivity contribution in [3.8, 4) is 5.69 Å². The molecular formula is C13H11N3O. The number of hydrogen-bond acceptors (Lipinski definition) is 3. The predicted molar refractivity (Wildman–Crippen MR) is 65.6 cm³/mol. The molecule has 84 valence electrons. The zero-order chi connectivity index (χ0) is 11.9. The fraction of sp³-hybridized carbons (Fsp3) is 0. The average molecular weight is 225 g/mol. The summed E-state index contributed by atoms with van der Waals surface area (Å²) in [4.78, 5) is 13.9. The number of carbonyl (C=O) groups is 1. The number of benzene rings is 1. The molecule has 2 rings (SSSR count). The molecule has 0 unspecified atom stereocenters. The van der Waals surface area contributed by atoms with Crippen molar-refractivity contribution in [2.45, 2.75) is 0 Å². The highest BCUT2D eigenvalue weighted by Crippen LogP contribution is 2.09. The van der Waals surface area contributed by atoms with Crippen molar-refractivity contribution in [2.24, 2.45) is 0 Å². The minimum absolute atomic E-state index is 0.748. The highest BCUT2D eigenvalue weighted by atomic mass is 16.1. The van der Waals surface area contributed by atoms with E-state index in [9.17, 15) is 4.79 Å². The lowest BCUT2D eigenvalue weighted by Crippen LogP contribution is -1.93. The summed E-state index contributed by atoms with van der Waals surface area (Å²) in [6.07, 6.45) is 10.8. The van der Waals surface area contributed by atoms with Crippen LogP contribution in [0, 0.1) is 0 Å². The topological polar surface area (TPSA) is 47.8 Å². The number of rotatable bonds is 4. The Balaban J connectivity index is 2.11. The van der Waals surface area contributed by atoms with Crippen LogP contribution in [0.5, 0.6) is 0 Å². The molecular weight excluding hydrogens is 214 g/mol. The van der Waals surface area contributed by atoms with Crippen molar-refractivity contribution < 1.29 is 4.79 Å². The first-order chi connectivity index (χ1) is 8.40. The number of aldehydes is 1. The molecule has 17 heavy (non-hydrogen) atoms. The van der Waals surface area contributed by atoms with Gasteiger partial charge in [0.15, 0.2) is 0 Å². The summed E-state index contributed by atoms with van der Waals surface area (Å²) < 4.78 is 1.69. The molecule has 0 fully saturated rings. The van der Waals surface area contributed by atoms with Crippen molar-refractivity contribution in [1.82, 2.24) is 14.8 Å². The van der Waals surface area contributed by atoms with Gasteiger partial charge in [0.1, 0.15) is 18.9 Å². The Kier molecular flexibility index (Phi) is 3.60. The summed E-state index contributed by atoms with van der Waals surface area (Å²) in [5.74, 6) is 0. The van der Waals surface area contributed by atoms with Gasteiger partial charge in [-0.3, -0.25) is 4.79 Å². The van der Waals surface area contributed by atoms with Gasteiger partial charge in [0, 0.05) is 0 Å². The summed E-state index contributed by atoms with van der Waals surface area (Å²) >= 11 is 0. The standard InChI is InChI=1S/C13H11N3O/c17-9-3-1-2-4-12-5-7-13(8-6-12)16-11-14-10-15-16/h1-11H/b3-1+,4-2+. The minimum Gasteiger partial charge on any atom is -0.299 e. The molecule has 0 aliphatic rings. The number of aromatic nitrogens is 3. The smallest absolute Gasteiger partial charge is 0.142 e. The molecule has 1 heterocycles. The van der Waals surface area contributed by atoms with Gasteiger partial charge < -0.3 is 0 Å².